The highest BCUT2D eigenvalue weighted by Gasteiger charge is 2.20. The molecule has 2 nitrogen and oxygen atoms in total. The van der Waals surface area contributed by atoms with Crippen LogP contribution in [-0.2, 0) is 6.42 Å². The van der Waals surface area contributed by atoms with Gasteiger partial charge in [0.15, 0.2) is 0 Å². The molecule has 1 aliphatic rings. The van der Waals surface area contributed by atoms with E-state index in [0.29, 0.717) is 5.92 Å². The van der Waals surface area contributed by atoms with Crippen molar-refractivity contribution in [1.82, 2.24) is 4.98 Å². The molecule has 0 spiro atoms. The first-order chi connectivity index (χ1) is 6.75. The second-order valence-electron chi connectivity index (χ2n) is 3.92. The number of aromatic nitrogens is 1. The fraction of sp³-hybridized carbons (Fsp3) is 0.700. The van der Waals surface area contributed by atoms with Crippen LogP contribution >= 0.6 is 23.1 Å². The van der Waals surface area contributed by atoms with Crippen LogP contribution in [0.3, 0.4) is 0 Å². The minimum absolute atomic E-state index is 0.225. The lowest BCUT2D eigenvalue weighted by Crippen LogP contribution is -2.18. The number of thiazole rings is 1. The average Bonchev–Trinajstić information content (AvgIpc) is 2.69. The lowest BCUT2D eigenvalue weighted by molar-refractivity contribution is 0.712. The summed E-state index contributed by atoms with van der Waals surface area (Å²) in [6, 6.07) is 0.225. The van der Waals surface area contributed by atoms with Crippen LogP contribution in [0, 0.1) is 0 Å². The van der Waals surface area contributed by atoms with E-state index in [0.717, 1.165) is 6.42 Å². The summed E-state index contributed by atoms with van der Waals surface area (Å²) >= 11 is 3.85. The largest absolute Gasteiger partial charge is 0.328 e. The predicted molar refractivity (Wildman–Crippen MR) is 64.2 cm³/mol. The minimum atomic E-state index is 0.225. The zero-order valence-electron chi connectivity index (χ0n) is 8.40. The fourth-order valence-corrected chi connectivity index (χ4v) is 3.96. The van der Waals surface area contributed by atoms with Crippen molar-refractivity contribution in [3.63, 3.8) is 0 Å². The highest BCUT2D eigenvalue weighted by molar-refractivity contribution is 7.99. The Balaban J connectivity index is 2.01. The zero-order valence-corrected chi connectivity index (χ0v) is 10.0. The Kier molecular flexibility index (Phi) is 3.47. The normalized spacial score (nSPS) is 24.0. The van der Waals surface area contributed by atoms with Gasteiger partial charge in [0.1, 0.15) is 0 Å². The maximum Gasteiger partial charge on any atom is 0.0967 e. The Labute approximate surface area is 93.3 Å². The van der Waals surface area contributed by atoms with Gasteiger partial charge in [-0.2, -0.15) is 11.8 Å². The molecular weight excluding hydrogens is 212 g/mol. The lowest BCUT2D eigenvalue weighted by Gasteiger charge is -2.03. The first-order valence-corrected chi connectivity index (χ1v) is 7.07. The van der Waals surface area contributed by atoms with Crippen molar-refractivity contribution in [2.75, 3.05) is 11.5 Å². The van der Waals surface area contributed by atoms with Gasteiger partial charge in [-0.05, 0) is 19.1 Å². The molecule has 0 saturated carbocycles. The van der Waals surface area contributed by atoms with E-state index < -0.39 is 0 Å². The van der Waals surface area contributed by atoms with Crippen LogP contribution in [0.15, 0.2) is 5.38 Å². The molecule has 0 bridgehead atoms. The molecule has 14 heavy (non-hydrogen) atoms. The molecule has 4 heteroatoms. The van der Waals surface area contributed by atoms with Crippen LogP contribution in [0.25, 0.3) is 0 Å². The third kappa shape index (κ3) is 2.49. The molecular formula is C10H16N2S2. The first-order valence-electron chi connectivity index (χ1n) is 5.03. The molecule has 2 atom stereocenters. The number of rotatable bonds is 3. The maximum absolute atomic E-state index is 5.75. The first kappa shape index (κ1) is 10.5. The summed E-state index contributed by atoms with van der Waals surface area (Å²) in [5.41, 5.74) is 6.93. The van der Waals surface area contributed by atoms with E-state index in [1.54, 1.807) is 0 Å². The van der Waals surface area contributed by atoms with Crippen LogP contribution in [-0.4, -0.2) is 22.5 Å². The minimum Gasteiger partial charge on any atom is -0.328 e. The molecule has 2 unspecified atom stereocenters. The molecule has 1 aromatic heterocycles. The van der Waals surface area contributed by atoms with E-state index in [1.165, 1.54) is 28.6 Å². The molecule has 1 saturated heterocycles. The number of nitrogens with two attached hydrogens (primary N) is 1. The van der Waals surface area contributed by atoms with Crippen LogP contribution in [0.2, 0.25) is 0 Å². The Bertz CT molecular complexity index is 290. The number of hydrogen-bond acceptors (Lipinski definition) is 4. The third-order valence-corrected chi connectivity index (χ3v) is 4.60. The van der Waals surface area contributed by atoms with Crippen molar-refractivity contribution in [3.05, 3.63) is 16.1 Å². The van der Waals surface area contributed by atoms with Crippen molar-refractivity contribution in [2.24, 2.45) is 5.73 Å². The molecule has 0 amide bonds. The average molecular weight is 228 g/mol. The molecule has 0 aromatic carbocycles. The molecule has 2 heterocycles. The van der Waals surface area contributed by atoms with Gasteiger partial charge in [0, 0.05) is 29.5 Å². The van der Waals surface area contributed by atoms with E-state index in [4.69, 9.17) is 5.73 Å². The number of nitrogens with zero attached hydrogens (tertiary/aromatic N) is 1. The summed E-state index contributed by atoms with van der Waals surface area (Å²) in [4.78, 5) is 4.66. The van der Waals surface area contributed by atoms with Crippen LogP contribution in [0.4, 0.5) is 0 Å². The van der Waals surface area contributed by atoms with Crippen LogP contribution in [0.5, 0.6) is 0 Å². The summed E-state index contributed by atoms with van der Waals surface area (Å²) in [5.74, 6) is 3.27. The van der Waals surface area contributed by atoms with E-state index >= 15 is 0 Å². The Morgan fingerprint density at radius 2 is 2.57 bits per heavy atom. The topological polar surface area (TPSA) is 38.9 Å². The smallest absolute Gasteiger partial charge is 0.0967 e. The molecule has 2 rings (SSSR count). The molecule has 0 aliphatic carbocycles. The van der Waals surface area contributed by atoms with Crippen molar-refractivity contribution in [1.29, 1.82) is 0 Å². The van der Waals surface area contributed by atoms with E-state index in [9.17, 15) is 0 Å². The van der Waals surface area contributed by atoms with Gasteiger partial charge in [0.05, 0.1) is 10.7 Å². The zero-order chi connectivity index (χ0) is 9.97. The van der Waals surface area contributed by atoms with Gasteiger partial charge in [-0.25, -0.2) is 4.98 Å². The summed E-state index contributed by atoms with van der Waals surface area (Å²) in [5, 5.41) is 3.49. The summed E-state index contributed by atoms with van der Waals surface area (Å²) in [6.45, 7) is 2.03. The van der Waals surface area contributed by atoms with Gasteiger partial charge in [0.2, 0.25) is 0 Å². The second kappa shape index (κ2) is 4.64. The van der Waals surface area contributed by atoms with Gasteiger partial charge in [0.25, 0.3) is 0 Å². The molecule has 1 aromatic rings. The van der Waals surface area contributed by atoms with Crippen molar-refractivity contribution in [2.45, 2.75) is 31.7 Å². The highest BCUT2D eigenvalue weighted by Crippen LogP contribution is 2.33. The molecule has 1 fully saturated rings. The highest BCUT2D eigenvalue weighted by atomic mass is 32.2. The van der Waals surface area contributed by atoms with E-state index in [2.05, 4.69) is 10.4 Å². The maximum atomic E-state index is 5.75. The van der Waals surface area contributed by atoms with E-state index in [1.807, 2.05) is 30.0 Å². The quantitative estimate of drug-likeness (QED) is 0.862. The predicted octanol–water partition coefficient (Wildman–Crippen LogP) is 2.25. The summed E-state index contributed by atoms with van der Waals surface area (Å²) in [6.07, 6.45) is 2.21. The standard InChI is InChI=1S/C10H16N2S2/c1-7(11)4-9-6-14-10(12-9)8-2-3-13-5-8/h6-8H,2-5,11H2,1H3. The molecule has 78 valence electrons. The Hall–Kier alpha value is -0.0600. The van der Waals surface area contributed by atoms with Gasteiger partial charge in [-0.1, -0.05) is 0 Å². The van der Waals surface area contributed by atoms with E-state index in [-0.39, 0.29) is 6.04 Å². The third-order valence-electron chi connectivity index (χ3n) is 2.38. The Morgan fingerprint density at radius 3 is 3.21 bits per heavy atom. The summed E-state index contributed by atoms with van der Waals surface area (Å²) in [7, 11) is 0. The fourth-order valence-electron chi connectivity index (χ4n) is 1.66. The number of thioether (sulfide) groups is 1. The van der Waals surface area contributed by atoms with Crippen LogP contribution < -0.4 is 5.73 Å². The SMILES string of the molecule is CC(N)Cc1csc(C2CCSC2)n1. The second-order valence-corrected chi connectivity index (χ2v) is 5.96. The van der Waals surface area contributed by atoms with Crippen molar-refractivity contribution < 1.29 is 0 Å². The van der Waals surface area contributed by atoms with Gasteiger partial charge in [-0.15, -0.1) is 11.3 Å². The number of hydrogen-bond donors (Lipinski definition) is 1. The molecule has 2 N–H and O–H groups in total. The van der Waals surface area contributed by atoms with Gasteiger partial charge < -0.3 is 5.73 Å². The van der Waals surface area contributed by atoms with Crippen LogP contribution in [0.1, 0.15) is 30.0 Å². The van der Waals surface area contributed by atoms with Crippen molar-refractivity contribution in [3.8, 4) is 0 Å². The molecule has 0 radical (unpaired) electrons. The monoisotopic (exact) mass is 228 g/mol. The van der Waals surface area contributed by atoms with Gasteiger partial charge >= 0.3 is 0 Å². The Morgan fingerprint density at radius 1 is 1.71 bits per heavy atom. The van der Waals surface area contributed by atoms with Crippen molar-refractivity contribution >= 4 is 23.1 Å². The lowest BCUT2D eigenvalue weighted by atomic mass is 10.1. The van der Waals surface area contributed by atoms with Gasteiger partial charge in [-0.3, -0.25) is 0 Å². The molecule has 1 aliphatic heterocycles. The summed E-state index contributed by atoms with van der Waals surface area (Å²) < 4.78 is 0.